The largest absolute Gasteiger partial charge is 0.411 e. The number of halogens is 4. The molecule has 0 aliphatic rings. The summed E-state index contributed by atoms with van der Waals surface area (Å²) in [6.07, 6.45) is -3.14. The SMILES string of the molecule is Cc1cc(NC(=O)COCC(F)(F)F)cnc1Cl. The standard InChI is InChI=1S/C10H10ClF3N2O2/c1-6-2-7(3-15-9(6)11)16-8(17)4-18-5-10(12,13)14/h2-3H,4-5H2,1H3,(H,16,17). The number of anilines is 1. The van der Waals surface area contributed by atoms with Crippen LogP contribution in [-0.2, 0) is 9.53 Å². The Morgan fingerprint density at radius 3 is 2.78 bits per heavy atom. The Morgan fingerprint density at radius 1 is 1.56 bits per heavy atom. The Kier molecular flexibility index (Phi) is 4.92. The lowest BCUT2D eigenvalue weighted by atomic mass is 10.3. The minimum atomic E-state index is -4.45. The number of pyridine rings is 1. The zero-order valence-corrected chi connectivity index (χ0v) is 10.1. The Hall–Kier alpha value is -1.34. The smallest absolute Gasteiger partial charge is 0.362 e. The first-order valence-corrected chi connectivity index (χ1v) is 5.22. The number of carbonyl (C=O) groups is 1. The van der Waals surface area contributed by atoms with Crippen molar-refractivity contribution in [1.29, 1.82) is 0 Å². The zero-order valence-electron chi connectivity index (χ0n) is 9.34. The minimum absolute atomic E-state index is 0.293. The van der Waals surface area contributed by atoms with Gasteiger partial charge in [0.2, 0.25) is 5.91 Å². The fraction of sp³-hybridized carbons (Fsp3) is 0.400. The number of aryl methyl sites for hydroxylation is 1. The van der Waals surface area contributed by atoms with Crippen LogP contribution in [-0.4, -0.2) is 30.3 Å². The van der Waals surface area contributed by atoms with Crippen molar-refractivity contribution in [3.05, 3.63) is 23.0 Å². The fourth-order valence-corrected chi connectivity index (χ4v) is 1.19. The molecule has 0 atom stereocenters. The summed E-state index contributed by atoms with van der Waals surface area (Å²) in [5.74, 6) is -0.692. The number of carbonyl (C=O) groups excluding carboxylic acids is 1. The highest BCUT2D eigenvalue weighted by molar-refractivity contribution is 6.30. The molecule has 0 aromatic carbocycles. The first-order valence-electron chi connectivity index (χ1n) is 4.84. The van der Waals surface area contributed by atoms with E-state index in [1.807, 2.05) is 0 Å². The van der Waals surface area contributed by atoms with Crippen LogP contribution in [0.15, 0.2) is 12.3 Å². The number of nitrogens with one attached hydrogen (secondary N) is 1. The summed E-state index contributed by atoms with van der Waals surface area (Å²) in [5, 5.41) is 2.64. The fourth-order valence-electron chi connectivity index (χ4n) is 1.08. The molecule has 1 aromatic heterocycles. The number of nitrogens with zero attached hydrogens (tertiary/aromatic N) is 1. The number of rotatable bonds is 4. The van der Waals surface area contributed by atoms with Crippen LogP contribution in [0.4, 0.5) is 18.9 Å². The van der Waals surface area contributed by atoms with E-state index in [9.17, 15) is 18.0 Å². The molecule has 0 spiro atoms. The molecule has 0 fully saturated rings. The Bertz CT molecular complexity index is 438. The first kappa shape index (κ1) is 14.7. The van der Waals surface area contributed by atoms with Gasteiger partial charge in [-0.15, -0.1) is 0 Å². The van der Waals surface area contributed by atoms with Gasteiger partial charge in [0.05, 0.1) is 11.9 Å². The van der Waals surface area contributed by atoms with Crippen LogP contribution in [0.3, 0.4) is 0 Å². The summed E-state index contributed by atoms with van der Waals surface area (Å²) in [4.78, 5) is 15.0. The first-order chi connectivity index (χ1) is 8.28. The molecule has 0 unspecified atom stereocenters. The second-order valence-electron chi connectivity index (χ2n) is 3.49. The summed E-state index contributed by atoms with van der Waals surface area (Å²) >= 11 is 5.68. The maximum Gasteiger partial charge on any atom is 0.411 e. The number of alkyl halides is 3. The minimum Gasteiger partial charge on any atom is -0.362 e. The van der Waals surface area contributed by atoms with Gasteiger partial charge in [0.1, 0.15) is 18.4 Å². The molecule has 0 saturated heterocycles. The lowest BCUT2D eigenvalue weighted by Gasteiger charge is -2.08. The van der Waals surface area contributed by atoms with Gasteiger partial charge in [0.15, 0.2) is 0 Å². The van der Waals surface area contributed by atoms with Crippen molar-refractivity contribution < 1.29 is 22.7 Å². The Labute approximate surface area is 106 Å². The molecule has 8 heteroatoms. The third kappa shape index (κ3) is 5.33. The second-order valence-corrected chi connectivity index (χ2v) is 3.85. The number of amides is 1. The van der Waals surface area contributed by atoms with E-state index in [-0.39, 0.29) is 0 Å². The molecule has 1 amide bonds. The normalized spacial score (nSPS) is 11.4. The van der Waals surface area contributed by atoms with E-state index in [4.69, 9.17) is 11.6 Å². The van der Waals surface area contributed by atoms with Crippen molar-refractivity contribution in [2.24, 2.45) is 0 Å². The Morgan fingerprint density at radius 2 is 2.22 bits per heavy atom. The maximum atomic E-state index is 11.7. The molecule has 18 heavy (non-hydrogen) atoms. The molecule has 0 bridgehead atoms. The highest BCUT2D eigenvalue weighted by atomic mass is 35.5. The molecule has 0 aliphatic carbocycles. The molecule has 1 aromatic rings. The topological polar surface area (TPSA) is 51.2 Å². The Balaban J connectivity index is 2.42. The molecule has 1 N–H and O–H groups in total. The van der Waals surface area contributed by atoms with Gasteiger partial charge in [-0.1, -0.05) is 11.6 Å². The molecular formula is C10H10ClF3N2O2. The molecule has 1 heterocycles. The predicted molar refractivity (Wildman–Crippen MR) is 59.5 cm³/mol. The molecule has 4 nitrogen and oxygen atoms in total. The summed E-state index contributed by atoms with van der Waals surface area (Å²) in [6.45, 7) is -0.454. The number of aromatic nitrogens is 1. The van der Waals surface area contributed by atoms with E-state index in [1.54, 1.807) is 13.0 Å². The van der Waals surface area contributed by atoms with Crippen LogP contribution >= 0.6 is 11.6 Å². The van der Waals surface area contributed by atoms with Crippen LogP contribution in [0, 0.1) is 6.92 Å². The average molecular weight is 283 g/mol. The van der Waals surface area contributed by atoms with Crippen molar-refractivity contribution in [2.75, 3.05) is 18.5 Å². The lowest BCUT2D eigenvalue weighted by Crippen LogP contribution is -2.24. The molecular weight excluding hydrogens is 273 g/mol. The van der Waals surface area contributed by atoms with Gasteiger partial charge in [-0.05, 0) is 18.6 Å². The highest BCUT2D eigenvalue weighted by Gasteiger charge is 2.27. The number of hydrogen-bond donors (Lipinski definition) is 1. The quantitative estimate of drug-likeness (QED) is 0.864. The van der Waals surface area contributed by atoms with Crippen molar-refractivity contribution in [2.45, 2.75) is 13.1 Å². The zero-order chi connectivity index (χ0) is 13.8. The van der Waals surface area contributed by atoms with Crippen LogP contribution in [0.1, 0.15) is 5.56 Å². The summed E-state index contributed by atoms with van der Waals surface area (Å²) in [5.41, 5.74) is 0.989. The maximum absolute atomic E-state index is 11.7. The van der Waals surface area contributed by atoms with Crippen molar-refractivity contribution in [3.8, 4) is 0 Å². The summed E-state index contributed by atoms with van der Waals surface area (Å²) < 4.78 is 39.4. The van der Waals surface area contributed by atoms with Crippen LogP contribution < -0.4 is 5.32 Å². The van der Waals surface area contributed by atoms with Gasteiger partial charge < -0.3 is 10.1 Å². The monoisotopic (exact) mass is 282 g/mol. The van der Waals surface area contributed by atoms with Crippen molar-refractivity contribution in [1.82, 2.24) is 4.98 Å². The van der Waals surface area contributed by atoms with Gasteiger partial charge in [0.25, 0.3) is 0 Å². The molecule has 1 rings (SSSR count). The van der Waals surface area contributed by atoms with Gasteiger partial charge in [-0.25, -0.2) is 4.98 Å². The van der Waals surface area contributed by atoms with E-state index in [0.717, 1.165) is 0 Å². The predicted octanol–water partition coefficient (Wildman–Crippen LogP) is 2.56. The van der Waals surface area contributed by atoms with Crippen molar-refractivity contribution >= 4 is 23.2 Å². The van der Waals surface area contributed by atoms with E-state index in [2.05, 4.69) is 15.0 Å². The number of ether oxygens (including phenoxy) is 1. The molecule has 100 valence electrons. The van der Waals surface area contributed by atoms with E-state index in [0.29, 0.717) is 16.4 Å². The van der Waals surface area contributed by atoms with E-state index in [1.165, 1.54) is 6.20 Å². The second kappa shape index (κ2) is 6.01. The van der Waals surface area contributed by atoms with E-state index >= 15 is 0 Å². The van der Waals surface area contributed by atoms with E-state index < -0.39 is 25.3 Å². The number of hydrogen-bond acceptors (Lipinski definition) is 3. The van der Waals surface area contributed by atoms with Crippen molar-refractivity contribution in [3.63, 3.8) is 0 Å². The van der Waals surface area contributed by atoms with Gasteiger partial charge in [-0.3, -0.25) is 4.79 Å². The van der Waals surface area contributed by atoms with Crippen LogP contribution in [0.25, 0.3) is 0 Å². The third-order valence-corrected chi connectivity index (χ3v) is 2.19. The van der Waals surface area contributed by atoms with Crippen LogP contribution in [0.2, 0.25) is 5.15 Å². The van der Waals surface area contributed by atoms with Gasteiger partial charge in [0, 0.05) is 0 Å². The highest BCUT2D eigenvalue weighted by Crippen LogP contribution is 2.16. The summed E-state index contributed by atoms with van der Waals surface area (Å²) in [6, 6.07) is 1.55. The van der Waals surface area contributed by atoms with Gasteiger partial charge >= 0.3 is 6.18 Å². The average Bonchev–Trinajstić information content (AvgIpc) is 2.21. The summed E-state index contributed by atoms with van der Waals surface area (Å²) in [7, 11) is 0. The molecule has 0 saturated carbocycles. The third-order valence-electron chi connectivity index (χ3n) is 1.80. The molecule has 0 radical (unpaired) electrons. The lowest BCUT2D eigenvalue weighted by molar-refractivity contribution is -0.174. The van der Waals surface area contributed by atoms with Crippen LogP contribution in [0.5, 0.6) is 0 Å². The van der Waals surface area contributed by atoms with Gasteiger partial charge in [-0.2, -0.15) is 13.2 Å². The molecule has 0 aliphatic heterocycles.